The van der Waals surface area contributed by atoms with Crippen LogP contribution in [0.2, 0.25) is 0 Å². The van der Waals surface area contributed by atoms with E-state index >= 15 is 0 Å². The minimum atomic E-state index is 0.0600. The van der Waals surface area contributed by atoms with E-state index in [0.29, 0.717) is 11.7 Å². The molecule has 1 aromatic rings. The van der Waals surface area contributed by atoms with Crippen molar-refractivity contribution in [1.82, 2.24) is 14.7 Å². The second-order valence-electron chi connectivity index (χ2n) is 4.18. The van der Waals surface area contributed by atoms with Gasteiger partial charge in [-0.25, -0.2) is 0 Å². The number of likely N-dealkylation sites (tertiary alicyclic amines) is 1. The molecular formula is C11H16BrN3O. The monoisotopic (exact) mass is 285 g/mol. The standard InChI is InChI=1S/C11H16BrN3O/c1-14-7-5-10(13-14)11(16)15-6-3-2-4-9(15)8-12/h5,7,9H,2-4,6,8H2,1H3. The van der Waals surface area contributed by atoms with Gasteiger partial charge < -0.3 is 4.90 Å². The normalized spacial score (nSPS) is 21.1. The van der Waals surface area contributed by atoms with Crippen molar-refractivity contribution >= 4 is 21.8 Å². The second kappa shape index (κ2) is 4.99. The smallest absolute Gasteiger partial charge is 0.274 e. The van der Waals surface area contributed by atoms with E-state index < -0.39 is 0 Å². The molecule has 0 spiro atoms. The molecule has 2 heterocycles. The first-order valence-electron chi connectivity index (χ1n) is 5.59. The maximum Gasteiger partial charge on any atom is 0.274 e. The Bertz CT molecular complexity index is 377. The zero-order chi connectivity index (χ0) is 11.5. The van der Waals surface area contributed by atoms with Crippen LogP contribution in [-0.4, -0.2) is 38.5 Å². The third-order valence-electron chi connectivity index (χ3n) is 3.00. The summed E-state index contributed by atoms with van der Waals surface area (Å²) in [7, 11) is 1.83. The van der Waals surface area contributed by atoms with Crippen LogP contribution in [0.25, 0.3) is 0 Å². The lowest BCUT2D eigenvalue weighted by molar-refractivity contribution is 0.0635. The molecular weight excluding hydrogens is 270 g/mol. The van der Waals surface area contributed by atoms with E-state index in [1.54, 1.807) is 16.9 Å². The number of amides is 1. The Morgan fingerprint density at radius 3 is 3.06 bits per heavy atom. The van der Waals surface area contributed by atoms with Gasteiger partial charge in [-0.2, -0.15) is 5.10 Å². The van der Waals surface area contributed by atoms with E-state index in [-0.39, 0.29) is 5.91 Å². The molecule has 1 unspecified atom stereocenters. The number of aryl methyl sites for hydroxylation is 1. The van der Waals surface area contributed by atoms with Gasteiger partial charge in [-0.05, 0) is 25.3 Å². The fourth-order valence-corrected chi connectivity index (χ4v) is 2.78. The lowest BCUT2D eigenvalue weighted by Gasteiger charge is -2.34. The lowest BCUT2D eigenvalue weighted by atomic mass is 10.0. The first-order valence-corrected chi connectivity index (χ1v) is 6.71. The van der Waals surface area contributed by atoms with Crippen molar-refractivity contribution in [3.8, 4) is 0 Å². The molecule has 1 amide bonds. The summed E-state index contributed by atoms with van der Waals surface area (Å²) in [5.74, 6) is 0.0600. The SMILES string of the molecule is Cn1ccc(C(=O)N2CCCCC2CBr)n1. The fraction of sp³-hybridized carbons (Fsp3) is 0.636. The molecule has 16 heavy (non-hydrogen) atoms. The van der Waals surface area contributed by atoms with Gasteiger partial charge >= 0.3 is 0 Å². The third-order valence-corrected chi connectivity index (χ3v) is 3.75. The molecule has 0 bridgehead atoms. The van der Waals surface area contributed by atoms with Crippen LogP contribution in [0.4, 0.5) is 0 Å². The second-order valence-corrected chi connectivity index (χ2v) is 4.82. The molecule has 1 fully saturated rings. The van der Waals surface area contributed by atoms with Crippen molar-refractivity contribution in [3.05, 3.63) is 18.0 Å². The fourth-order valence-electron chi connectivity index (χ4n) is 2.10. The van der Waals surface area contributed by atoms with Gasteiger partial charge in [-0.3, -0.25) is 9.48 Å². The van der Waals surface area contributed by atoms with Gasteiger partial charge in [0.05, 0.1) is 0 Å². The summed E-state index contributed by atoms with van der Waals surface area (Å²) in [6.45, 7) is 0.853. The number of nitrogens with zero attached hydrogens (tertiary/aromatic N) is 3. The van der Waals surface area contributed by atoms with Gasteiger partial charge in [0, 0.05) is 31.2 Å². The van der Waals surface area contributed by atoms with Gasteiger partial charge in [0.1, 0.15) is 5.69 Å². The number of rotatable bonds is 2. The van der Waals surface area contributed by atoms with Crippen molar-refractivity contribution in [2.24, 2.45) is 7.05 Å². The summed E-state index contributed by atoms with van der Waals surface area (Å²) in [5, 5.41) is 5.02. The van der Waals surface area contributed by atoms with Crippen LogP contribution in [0.15, 0.2) is 12.3 Å². The summed E-state index contributed by atoms with van der Waals surface area (Å²) in [6.07, 6.45) is 5.20. The van der Waals surface area contributed by atoms with Crippen LogP contribution in [0.3, 0.4) is 0 Å². The average Bonchev–Trinajstić information content (AvgIpc) is 2.75. The van der Waals surface area contributed by atoms with Crippen molar-refractivity contribution in [2.45, 2.75) is 25.3 Å². The van der Waals surface area contributed by atoms with Crippen LogP contribution in [0, 0.1) is 0 Å². The summed E-state index contributed by atoms with van der Waals surface area (Å²) in [5.41, 5.74) is 0.551. The molecule has 0 aromatic carbocycles. The van der Waals surface area contributed by atoms with Crippen LogP contribution in [-0.2, 0) is 7.05 Å². The molecule has 88 valence electrons. The molecule has 1 aromatic heterocycles. The molecule has 0 saturated carbocycles. The summed E-state index contributed by atoms with van der Waals surface area (Å²) in [6, 6.07) is 2.10. The number of hydrogen-bond acceptors (Lipinski definition) is 2. The molecule has 1 saturated heterocycles. The number of aromatic nitrogens is 2. The maximum absolute atomic E-state index is 12.2. The van der Waals surface area contributed by atoms with Crippen molar-refractivity contribution < 1.29 is 4.79 Å². The minimum Gasteiger partial charge on any atom is -0.333 e. The Labute approximate surface area is 104 Å². The van der Waals surface area contributed by atoms with Crippen molar-refractivity contribution in [3.63, 3.8) is 0 Å². The summed E-state index contributed by atoms with van der Waals surface area (Å²) >= 11 is 3.48. The highest BCUT2D eigenvalue weighted by Gasteiger charge is 2.27. The van der Waals surface area contributed by atoms with E-state index in [4.69, 9.17) is 0 Å². The predicted molar refractivity (Wildman–Crippen MR) is 65.7 cm³/mol. The molecule has 2 rings (SSSR count). The Kier molecular flexibility index (Phi) is 3.63. The van der Waals surface area contributed by atoms with Gasteiger partial charge in [0.2, 0.25) is 0 Å². The molecule has 0 radical (unpaired) electrons. The van der Waals surface area contributed by atoms with Crippen molar-refractivity contribution in [1.29, 1.82) is 0 Å². The molecule has 1 aliphatic heterocycles. The predicted octanol–water partition coefficient (Wildman–Crippen LogP) is 1.81. The Hall–Kier alpha value is -0.840. The number of alkyl halides is 1. The Balaban J connectivity index is 2.13. The first-order chi connectivity index (χ1) is 7.72. The van der Waals surface area contributed by atoms with E-state index in [1.165, 1.54) is 6.42 Å². The van der Waals surface area contributed by atoms with E-state index in [2.05, 4.69) is 21.0 Å². The summed E-state index contributed by atoms with van der Waals surface area (Å²) < 4.78 is 1.67. The third kappa shape index (κ3) is 2.29. The number of carbonyl (C=O) groups excluding carboxylic acids is 1. The van der Waals surface area contributed by atoms with E-state index in [0.717, 1.165) is 24.7 Å². The topological polar surface area (TPSA) is 38.1 Å². The van der Waals surface area contributed by atoms with Crippen molar-refractivity contribution in [2.75, 3.05) is 11.9 Å². The highest BCUT2D eigenvalue weighted by Crippen LogP contribution is 2.20. The van der Waals surface area contributed by atoms with Gasteiger partial charge in [-0.1, -0.05) is 15.9 Å². The summed E-state index contributed by atoms with van der Waals surface area (Å²) in [4.78, 5) is 14.2. The highest BCUT2D eigenvalue weighted by molar-refractivity contribution is 9.09. The van der Waals surface area contributed by atoms with Crippen LogP contribution in [0.5, 0.6) is 0 Å². The lowest BCUT2D eigenvalue weighted by Crippen LogP contribution is -2.44. The van der Waals surface area contributed by atoms with E-state index in [9.17, 15) is 4.79 Å². The highest BCUT2D eigenvalue weighted by atomic mass is 79.9. The molecule has 0 N–H and O–H groups in total. The number of halogens is 1. The van der Waals surface area contributed by atoms with Gasteiger partial charge in [0.15, 0.2) is 0 Å². The number of piperidine rings is 1. The molecule has 1 atom stereocenters. The van der Waals surface area contributed by atoms with E-state index in [1.807, 2.05) is 11.9 Å². The maximum atomic E-state index is 12.2. The first kappa shape index (κ1) is 11.6. The average molecular weight is 286 g/mol. The molecule has 0 aliphatic carbocycles. The minimum absolute atomic E-state index is 0.0600. The van der Waals surface area contributed by atoms with Crippen LogP contribution < -0.4 is 0 Å². The van der Waals surface area contributed by atoms with Gasteiger partial charge in [0.25, 0.3) is 5.91 Å². The largest absolute Gasteiger partial charge is 0.333 e. The van der Waals surface area contributed by atoms with Gasteiger partial charge in [-0.15, -0.1) is 0 Å². The molecule has 1 aliphatic rings. The van der Waals surface area contributed by atoms with Crippen LogP contribution >= 0.6 is 15.9 Å². The number of carbonyl (C=O) groups is 1. The zero-order valence-corrected chi connectivity index (χ0v) is 11.0. The molecule has 5 heteroatoms. The Morgan fingerprint density at radius 1 is 1.62 bits per heavy atom. The zero-order valence-electron chi connectivity index (χ0n) is 9.40. The molecule has 4 nitrogen and oxygen atoms in total. The quantitative estimate of drug-likeness (QED) is 0.778. The number of hydrogen-bond donors (Lipinski definition) is 0. The van der Waals surface area contributed by atoms with Crippen LogP contribution in [0.1, 0.15) is 29.8 Å². The Morgan fingerprint density at radius 2 is 2.44 bits per heavy atom.